The fourth-order valence-electron chi connectivity index (χ4n) is 9.04. The molecule has 10 nitrogen and oxygen atoms in total. The quantitative estimate of drug-likeness (QED) is 0.221. The Kier molecular flexibility index (Phi) is 11.8. The summed E-state index contributed by atoms with van der Waals surface area (Å²) in [6.07, 6.45) is 10.3. The number of carbonyl (C=O) groups is 3. The van der Waals surface area contributed by atoms with Crippen LogP contribution >= 0.6 is 23.2 Å². The highest BCUT2D eigenvalue weighted by atomic mass is 35.5. The maximum absolute atomic E-state index is 14.1. The van der Waals surface area contributed by atoms with Crippen molar-refractivity contribution in [1.82, 2.24) is 14.7 Å². The van der Waals surface area contributed by atoms with Crippen molar-refractivity contribution in [2.75, 3.05) is 44.6 Å². The van der Waals surface area contributed by atoms with Gasteiger partial charge in [-0.1, -0.05) is 61.2 Å². The molecule has 0 bridgehead atoms. The normalized spacial score (nSPS) is 27.6. The van der Waals surface area contributed by atoms with Crippen molar-refractivity contribution in [2.45, 2.75) is 95.4 Å². The lowest BCUT2D eigenvalue weighted by Gasteiger charge is -2.44. The van der Waals surface area contributed by atoms with Gasteiger partial charge in [-0.05, 0) is 74.6 Å². The summed E-state index contributed by atoms with van der Waals surface area (Å²) in [4.78, 5) is 46.0. The highest BCUT2D eigenvalue weighted by Crippen LogP contribution is 2.34. The Hall–Kier alpha value is -3.15. The first kappa shape index (κ1) is 37.2. The number of carboxylic acid groups (broad SMARTS) is 1. The molecule has 0 radical (unpaired) electrons. The van der Waals surface area contributed by atoms with Crippen LogP contribution in [0.2, 0.25) is 10.0 Å². The average Bonchev–Trinajstić information content (AvgIpc) is 3.78. The fourth-order valence-corrected chi connectivity index (χ4v) is 9.51. The average molecular weight is 754 g/mol. The smallest absolute Gasteiger partial charge is 0.306 e. The number of furan rings is 1. The lowest BCUT2D eigenvalue weighted by molar-refractivity contribution is -0.144. The van der Waals surface area contributed by atoms with Gasteiger partial charge in [-0.15, -0.1) is 0 Å². The third-order valence-corrected chi connectivity index (χ3v) is 12.8. The summed E-state index contributed by atoms with van der Waals surface area (Å²) in [5.41, 5.74) is 1.94. The molecular formula is C40H50Cl2N4O6. The van der Waals surface area contributed by atoms with E-state index in [0.717, 1.165) is 51.4 Å². The van der Waals surface area contributed by atoms with Gasteiger partial charge in [-0.25, -0.2) is 0 Å². The molecule has 2 N–H and O–H groups in total. The van der Waals surface area contributed by atoms with Gasteiger partial charge in [0.15, 0.2) is 0 Å². The number of benzene rings is 2. The van der Waals surface area contributed by atoms with E-state index in [1.807, 2.05) is 23.1 Å². The second-order valence-corrected chi connectivity index (χ2v) is 16.1. The molecular weight excluding hydrogens is 703 g/mol. The number of carbonyl (C=O) groups excluding carboxylic acids is 2. The zero-order valence-electron chi connectivity index (χ0n) is 29.9. The van der Waals surface area contributed by atoms with Crippen molar-refractivity contribution in [2.24, 2.45) is 11.8 Å². The second-order valence-electron chi connectivity index (χ2n) is 15.3. The number of nitrogens with one attached hydrogen (secondary N) is 1. The van der Waals surface area contributed by atoms with E-state index in [0.29, 0.717) is 64.8 Å². The lowest BCUT2D eigenvalue weighted by Crippen LogP contribution is -2.55. The fraction of sp³-hybridized carbons (Fsp3) is 0.575. The monoisotopic (exact) mass is 752 g/mol. The Balaban J connectivity index is 1.01. The number of carboxylic acids is 1. The van der Waals surface area contributed by atoms with Crippen molar-refractivity contribution in [3.63, 3.8) is 0 Å². The van der Waals surface area contributed by atoms with Crippen LogP contribution in [-0.4, -0.2) is 101 Å². The predicted octanol–water partition coefficient (Wildman–Crippen LogP) is 7.36. The summed E-state index contributed by atoms with van der Waals surface area (Å²) in [6.45, 7) is 7.55. The van der Waals surface area contributed by atoms with Gasteiger partial charge < -0.3 is 24.5 Å². The molecule has 0 spiro atoms. The Morgan fingerprint density at radius 1 is 0.942 bits per heavy atom. The zero-order chi connectivity index (χ0) is 36.4. The van der Waals surface area contributed by atoms with Gasteiger partial charge in [-0.2, -0.15) is 0 Å². The van der Waals surface area contributed by atoms with Crippen LogP contribution in [0.1, 0.15) is 80.6 Å². The minimum Gasteiger partial charge on any atom is -0.481 e. The Morgan fingerprint density at radius 3 is 2.42 bits per heavy atom. The standard InChI is InChI=1S/C40H50Cl2N4O6/c1-25-6-2-4-8-36(25)45-16-14-44(15-17-45)28-20-29(23-51-30-12-10-26(11-13-30)40(49)50)46(22-28)38(47)19-27-18-34(42)35(21-33(27)41)43-39(48)32-24-52-37-9-5-3-7-31(32)37/h3,5,7,9,18,21,24-26,28-30,36H,2,4,6,8,10-17,19-20,22-23H2,1H3,(H,43,48)(H,49,50)/t25?,26?,28-,29-,30?,36?/m0/s1. The van der Waals surface area contributed by atoms with Gasteiger partial charge in [0, 0.05) is 55.2 Å². The number of amides is 2. The number of rotatable bonds is 10. The van der Waals surface area contributed by atoms with E-state index in [9.17, 15) is 19.5 Å². The zero-order valence-corrected chi connectivity index (χ0v) is 31.4. The van der Waals surface area contributed by atoms with E-state index >= 15 is 0 Å². The van der Waals surface area contributed by atoms with Crippen molar-refractivity contribution < 1.29 is 28.6 Å². The van der Waals surface area contributed by atoms with Crippen LogP contribution in [0.5, 0.6) is 0 Å². The van der Waals surface area contributed by atoms with E-state index in [1.54, 1.807) is 18.2 Å². The molecule has 4 fully saturated rings. The Morgan fingerprint density at radius 2 is 1.67 bits per heavy atom. The van der Waals surface area contributed by atoms with Crippen LogP contribution in [0.15, 0.2) is 47.1 Å². The van der Waals surface area contributed by atoms with Gasteiger partial charge >= 0.3 is 5.97 Å². The minimum absolute atomic E-state index is 0.00340. The van der Waals surface area contributed by atoms with E-state index in [-0.39, 0.29) is 47.4 Å². The van der Waals surface area contributed by atoms with E-state index in [2.05, 4.69) is 22.0 Å². The molecule has 2 saturated heterocycles. The summed E-state index contributed by atoms with van der Waals surface area (Å²) in [6, 6.07) is 11.4. The highest BCUT2D eigenvalue weighted by Gasteiger charge is 2.40. The third-order valence-electron chi connectivity index (χ3n) is 12.1. The molecule has 2 aliphatic carbocycles. The molecule has 12 heteroatoms. The molecule has 1 aromatic heterocycles. The molecule has 2 unspecified atom stereocenters. The van der Waals surface area contributed by atoms with Crippen molar-refractivity contribution in [1.29, 1.82) is 0 Å². The molecule has 4 aliphatic rings. The predicted molar refractivity (Wildman–Crippen MR) is 202 cm³/mol. The summed E-state index contributed by atoms with van der Waals surface area (Å²) >= 11 is 13.4. The van der Waals surface area contributed by atoms with E-state index < -0.39 is 5.97 Å². The van der Waals surface area contributed by atoms with Crippen LogP contribution in [-0.2, 0) is 20.7 Å². The van der Waals surface area contributed by atoms with Crippen LogP contribution < -0.4 is 5.32 Å². The molecule has 4 atom stereocenters. The number of nitrogens with zero attached hydrogens (tertiary/aromatic N) is 3. The lowest BCUT2D eigenvalue weighted by atomic mass is 9.84. The van der Waals surface area contributed by atoms with Crippen LogP contribution in [0.4, 0.5) is 5.69 Å². The maximum Gasteiger partial charge on any atom is 0.306 e. The number of ether oxygens (including phenoxy) is 1. The van der Waals surface area contributed by atoms with Gasteiger partial charge in [0.05, 0.1) is 47.4 Å². The number of aliphatic carboxylic acids is 1. The van der Waals surface area contributed by atoms with Crippen molar-refractivity contribution in [3.8, 4) is 0 Å². The number of hydrogen-bond donors (Lipinski definition) is 2. The Labute approximate surface area is 315 Å². The maximum atomic E-state index is 14.1. The molecule has 2 aliphatic heterocycles. The third kappa shape index (κ3) is 8.31. The summed E-state index contributed by atoms with van der Waals surface area (Å²) in [5.74, 6) is -0.698. The topological polar surface area (TPSA) is 116 Å². The van der Waals surface area contributed by atoms with E-state index in [1.165, 1.54) is 31.9 Å². The van der Waals surface area contributed by atoms with E-state index in [4.69, 9.17) is 32.4 Å². The van der Waals surface area contributed by atoms with Gasteiger partial charge in [0.25, 0.3) is 5.91 Å². The first-order valence-corrected chi connectivity index (χ1v) is 19.8. The minimum atomic E-state index is -0.729. The number of likely N-dealkylation sites (tertiary alicyclic amines) is 1. The van der Waals surface area contributed by atoms with Crippen LogP contribution in [0, 0.1) is 11.8 Å². The molecule has 7 rings (SSSR count). The molecule has 2 aromatic carbocycles. The molecule has 280 valence electrons. The van der Waals surface area contributed by atoms with Gasteiger partial charge in [0.1, 0.15) is 11.8 Å². The highest BCUT2D eigenvalue weighted by molar-refractivity contribution is 6.36. The molecule has 3 aromatic rings. The summed E-state index contributed by atoms with van der Waals surface area (Å²) in [5, 5.41) is 13.6. The molecule has 2 amide bonds. The number of piperazine rings is 1. The molecule has 3 heterocycles. The van der Waals surface area contributed by atoms with Crippen molar-refractivity contribution in [3.05, 3.63) is 63.8 Å². The first-order chi connectivity index (χ1) is 25.1. The second kappa shape index (κ2) is 16.5. The first-order valence-electron chi connectivity index (χ1n) is 19.0. The number of hydrogen-bond acceptors (Lipinski definition) is 7. The summed E-state index contributed by atoms with van der Waals surface area (Å²) < 4.78 is 11.9. The number of anilines is 1. The SMILES string of the molecule is CC1CCCCC1N1CCN([C@H]2C[C@@H](COC3CCC(C(=O)O)CC3)N(C(=O)Cc3cc(Cl)c(NC(=O)c4coc5ccccc45)cc3Cl)C2)CC1. The number of fused-ring (bicyclic) bond motifs is 1. The number of halogens is 2. The molecule has 52 heavy (non-hydrogen) atoms. The van der Waals surface area contributed by atoms with Crippen LogP contribution in [0.25, 0.3) is 11.0 Å². The molecule has 2 saturated carbocycles. The Bertz CT molecular complexity index is 1750. The van der Waals surface area contributed by atoms with Crippen molar-refractivity contribution >= 4 is 57.6 Å². The van der Waals surface area contributed by atoms with Gasteiger partial charge in [0.2, 0.25) is 5.91 Å². The number of para-hydroxylation sites is 1. The summed E-state index contributed by atoms with van der Waals surface area (Å²) in [7, 11) is 0. The van der Waals surface area contributed by atoms with Gasteiger partial charge in [-0.3, -0.25) is 24.2 Å². The van der Waals surface area contributed by atoms with Crippen LogP contribution in [0.3, 0.4) is 0 Å². The largest absolute Gasteiger partial charge is 0.481 e.